The highest BCUT2D eigenvalue weighted by Gasteiger charge is 2.31. The third-order valence-electron chi connectivity index (χ3n) is 12.3. The van der Waals surface area contributed by atoms with E-state index in [2.05, 4.69) is 209 Å². The van der Waals surface area contributed by atoms with Crippen molar-refractivity contribution in [1.29, 1.82) is 0 Å². The van der Waals surface area contributed by atoms with E-state index in [-0.39, 0.29) is 0 Å². The Balaban J connectivity index is 1.00. The van der Waals surface area contributed by atoms with Gasteiger partial charge in [-0.25, -0.2) is 0 Å². The number of rotatable bonds is 4. The molecular formula is C54H36N2. The minimum Gasteiger partial charge on any atom is -0.310 e. The number of benzene rings is 8. The second-order valence-corrected chi connectivity index (χ2v) is 15.2. The molecule has 2 aromatic heterocycles. The van der Waals surface area contributed by atoms with E-state index in [1.807, 2.05) is 0 Å². The summed E-state index contributed by atoms with van der Waals surface area (Å²) in [6.45, 7) is 0. The first-order chi connectivity index (χ1) is 27.8. The predicted octanol–water partition coefficient (Wildman–Crippen LogP) is 14.3. The quantitative estimate of drug-likeness (QED) is 0.172. The maximum atomic E-state index is 2.49. The van der Waals surface area contributed by atoms with Gasteiger partial charge in [-0.3, -0.25) is 0 Å². The summed E-state index contributed by atoms with van der Waals surface area (Å²) in [4.78, 5) is 0. The zero-order chi connectivity index (χ0) is 36.7. The van der Waals surface area contributed by atoms with Gasteiger partial charge in [-0.1, -0.05) is 152 Å². The van der Waals surface area contributed by atoms with Crippen LogP contribution < -0.4 is 0 Å². The third kappa shape index (κ3) is 4.56. The average Bonchev–Trinajstić information content (AvgIpc) is 3.79. The van der Waals surface area contributed by atoms with Crippen LogP contribution in [0.1, 0.15) is 23.5 Å². The molecule has 0 saturated carbocycles. The van der Waals surface area contributed by atoms with Crippen molar-refractivity contribution in [1.82, 2.24) is 9.13 Å². The predicted molar refractivity (Wildman–Crippen MR) is 236 cm³/mol. The highest BCUT2D eigenvalue weighted by atomic mass is 15.0. The molecule has 0 spiro atoms. The van der Waals surface area contributed by atoms with E-state index in [1.54, 1.807) is 0 Å². The van der Waals surface area contributed by atoms with Gasteiger partial charge in [-0.05, 0) is 99.5 Å². The molecule has 1 atom stereocenters. The van der Waals surface area contributed by atoms with Crippen molar-refractivity contribution in [2.24, 2.45) is 0 Å². The molecule has 10 aromatic rings. The first-order valence-electron chi connectivity index (χ1n) is 19.6. The Morgan fingerprint density at radius 2 is 0.911 bits per heavy atom. The minimum atomic E-state index is 0.359. The number of para-hydroxylation sites is 3. The summed E-state index contributed by atoms with van der Waals surface area (Å²) in [6, 6.07) is 69.2. The van der Waals surface area contributed by atoms with Crippen molar-refractivity contribution < 1.29 is 0 Å². The Morgan fingerprint density at radius 3 is 1.64 bits per heavy atom. The molecule has 2 aliphatic carbocycles. The summed E-state index contributed by atoms with van der Waals surface area (Å²) in [5, 5.41) is 5.06. The van der Waals surface area contributed by atoms with Gasteiger partial charge >= 0.3 is 0 Å². The molecule has 0 radical (unpaired) electrons. The van der Waals surface area contributed by atoms with Gasteiger partial charge in [0, 0.05) is 38.7 Å². The first-order valence-corrected chi connectivity index (χ1v) is 19.6. The lowest BCUT2D eigenvalue weighted by Gasteiger charge is -2.33. The maximum absolute atomic E-state index is 2.49. The molecule has 2 aliphatic rings. The van der Waals surface area contributed by atoms with Crippen molar-refractivity contribution >= 4 is 54.9 Å². The van der Waals surface area contributed by atoms with Crippen molar-refractivity contribution in [2.45, 2.75) is 12.3 Å². The number of fused-ring (bicyclic) bond motifs is 12. The zero-order valence-corrected chi connectivity index (χ0v) is 30.7. The average molecular weight is 713 g/mol. The van der Waals surface area contributed by atoms with E-state index in [9.17, 15) is 0 Å². The largest absolute Gasteiger partial charge is 0.310 e. The molecular weight excluding hydrogens is 677 g/mol. The Hall–Kier alpha value is -7.16. The molecule has 12 rings (SSSR count). The van der Waals surface area contributed by atoms with Crippen LogP contribution >= 0.6 is 0 Å². The first kappa shape index (κ1) is 31.2. The molecule has 0 saturated heterocycles. The Morgan fingerprint density at radius 1 is 0.375 bits per heavy atom. The van der Waals surface area contributed by atoms with E-state index >= 15 is 0 Å². The van der Waals surface area contributed by atoms with Crippen LogP contribution in [-0.2, 0) is 0 Å². The van der Waals surface area contributed by atoms with Gasteiger partial charge in [0.1, 0.15) is 0 Å². The molecule has 0 amide bonds. The Bertz CT molecular complexity index is 3280. The second kappa shape index (κ2) is 12.2. The minimum absolute atomic E-state index is 0.359. The van der Waals surface area contributed by atoms with Gasteiger partial charge in [0.2, 0.25) is 0 Å². The number of allylic oxidation sites excluding steroid dienone is 4. The Labute approximate surface area is 325 Å². The van der Waals surface area contributed by atoms with E-state index in [1.165, 1.54) is 105 Å². The monoisotopic (exact) mass is 712 g/mol. The fraction of sp³-hybridized carbons (Fsp3) is 0.0370. The van der Waals surface area contributed by atoms with E-state index in [0.717, 1.165) is 6.42 Å². The summed E-state index contributed by atoms with van der Waals surface area (Å²) >= 11 is 0. The van der Waals surface area contributed by atoms with Crippen LogP contribution in [0.2, 0.25) is 0 Å². The molecule has 0 bridgehead atoms. The van der Waals surface area contributed by atoms with Crippen LogP contribution in [0.25, 0.3) is 93.9 Å². The zero-order valence-electron chi connectivity index (χ0n) is 30.7. The number of nitrogens with zero attached hydrogens (tertiary/aromatic N) is 2. The lowest BCUT2D eigenvalue weighted by Crippen LogP contribution is -2.13. The van der Waals surface area contributed by atoms with Gasteiger partial charge in [-0.15, -0.1) is 0 Å². The lowest BCUT2D eigenvalue weighted by atomic mass is 9.72. The fourth-order valence-electron chi connectivity index (χ4n) is 9.79. The molecule has 1 unspecified atom stereocenters. The molecule has 2 nitrogen and oxygen atoms in total. The highest BCUT2D eigenvalue weighted by molar-refractivity contribution is 6.14. The van der Waals surface area contributed by atoms with Gasteiger partial charge < -0.3 is 9.13 Å². The molecule has 2 heteroatoms. The third-order valence-corrected chi connectivity index (χ3v) is 12.3. The van der Waals surface area contributed by atoms with E-state index in [4.69, 9.17) is 0 Å². The highest BCUT2D eigenvalue weighted by Crippen LogP contribution is 2.51. The summed E-state index contributed by atoms with van der Waals surface area (Å²) < 4.78 is 4.93. The molecule has 8 aromatic carbocycles. The van der Waals surface area contributed by atoms with Crippen LogP contribution in [0.4, 0.5) is 0 Å². The van der Waals surface area contributed by atoms with Gasteiger partial charge in [0.05, 0.1) is 27.8 Å². The normalized spacial score (nSPS) is 14.8. The van der Waals surface area contributed by atoms with Gasteiger partial charge in [0.15, 0.2) is 0 Å². The number of hydrogen-bond donors (Lipinski definition) is 0. The van der Waals surface area contributed by atoms with Crippen molar-refractivity contribution in [3.8, 4) is 39.1 Å². The molecule has 0 aliphatic heterocycles. The van der Waals surface area contributed by atoms with Crippen molar-refractivity contribution in [2.75, 3.05) is 0 Å². The molecule has 56 heavy (non-hydrogen) atoms. The van der Waals surface area contributed by atoms with Crippen molar-refractivity contribution in [3.63, 3.8) is 0 Å². The topological polar surface area (TPSA) is 9.86 Å². The van der Waals surface area contributed by atoms with Crippen LogP contribution in [0.3, 0.4) is 0 Å². The van der Waals surface area contributed by atoms with E-state index < -0.39 is 0 Å². The summed E-state index contributed by atoms with van der Waals surface area (Å²) in [5.41, 5.74) is 19.1. The van der Waals surface area contributed by atoms with E-state index in [0.29, 0.717) is 5.92 Å². The summed E-state index contributed by atoms with van der Waals surface area (Å²) in [6.07, 6.45) is 5.89. The Kier molecular flexibility index (Phi) is 6.79. The molecule has 262 valence electrons. The van der Waals surface area contributed by atoms with Crippen LogP contribution in [0.15, 0.2) is 200 Å². The molecule has 0 fully saturated rings. The van der Waals surface area contributed by atoms with Gasteiger partial charge in [-0.2, -0.15) is 0 Å². The summed E-state index contributed by atoms with van der Waals surface area (Å²) in [5.74, 6) is 0.359. The van der Waals surface area contributed by atoms with Crippen molar-refractivity contribution in [3.05, 3.63) is 211 Å². The second-order valence-electron chi connectivity index (χ2n) is 15.2. The fourth-order valence-corrected chi connectivity index (χ4v) is 9.79. The van der Waals surface area contributed by atoms with Crippen LogP contribution in [0.5, 0.6) is 0 Å². The maximum Gasteiger partial charge on any atom is 0.0541 e. The number of hydrogen-bond acceptors (Lipinski definition) is 0. The van der Waals surface area contributed by atoms with Crippen LogP contribution in [-0.4, -0.2) is 9.13 Å². The standard InChI is InChI=1S/C54H36N2/c1-2-14-35(15-3-1)39-16-8-11-23-50(39)56-52-25-13-10-22-46(52)49-33-37(27-31-54(49)56)36-26-30-53-48(32-36)45-21-9-12-24-51(45)55(53)38-28-29-44-42-19-5-4-17-40(42)41-18-6-7-20-43(41)47(44)34-38/h1-28,30-34,44H,29H2. The molecule has 0 N–H and O–H groups in total. The lowest BCUT2D eigenvalue weighted by molar-refractivity contribution is 0.864. The SMILES string of the molecule is C1=C2c3ccccc3-c3ccccc3C2CC=C1n1c2ccccc2c2cc(-c3ccc4c(c3)c3ccccc3n4-c3ccccc3-c3ccccc3)ccc21. The smallest absolute Gasteiger partial charge is 0.0541 e. The molecule has 2 heterocycles. The van der Waals surface area contributed by atoms with Crippen LogP contribution in [0, 0.1) is 0 Å². The number of aromatic nitrogens is 2. The summed E-state index contributed by atoms with van der Waals surface area (Å²) in [7, 11) is 0. The van der Waals surface area contributed by atoms with Gasteiger partial charge in [0.25, 0.3) is 0 Å².